The van der Waals surface area contributed by atoms with Gasteiger partial charge in [0.2, 0.25) is 5.91 Å². The van der Waals surface area contributed by atoms with Crippen molar-refractivity contribution in [2.75, 3.05) is 33.3 Å². The van der Waals surface area contributed by atoms with Gasteiger partial charge in [0, 0.05) is 49.7 Å². The van der Waals surface area contributed by atoms with Gasteiger partial charge in [-0.1, -0.05) is 24.3 Å². The molecule has 2 aromatic rings. The Balaban J connectivity index is 1.45. The summed E-state index contributed by atoms with van der Waals surface area (Å²) in [6.45, 7) is 7.35. The summed E-state index contributed by atoms with van der Waals surface area (Å²) in [5.74, 6) is 0.880. The van der Waals surface area contributed by atoms with E-state index in [4.69, 9.17) is 4.74 Å². The fourth-order valence-electron chi connectivity index (χ4n) is 3.28. The SMILES string of the molecule is COc1ccccc1CNC(=O)[C@H](C)N1CCN(Cc2cccs2)CC1. The van der Waals surface area contributed by atoms with E-state index in [2.05, 4.69) is 32.6 Å². The second-order valence-electron chi connectivity index (χ2n) is 6.60. The molecule has 5 nitrogen and oxygen atoms in total. The molecule has 0 radical (unpaired) electrons. The number of piperazine rings is 1. The summed E-state index contributed by atoms with van der Waals surface area (Å²) >= 11 is 1.81. The molecule has 3 rings (SSSR count). The van der Waals surface area contributed by atoms with Crippen LogP contribution in [-0.4, -0.2) is 55.0 Å². The Kier molecular flexibility index (Phi) is 6.66. The highest BCUT2D eigenvalue weighted by Gasteiger charge is 2.25. The largest absolute Gasteiger partial charge is 0.496 e. The Morgan fingerprint density at radius 2 is 1.96 bits per heavy atom. The van der Waals surface area contributed by atoms with Gasteiger partial charge in [-0.3, -0.25) is 14.6 Å². The molecule has 1 aliphatic rings. The van der Waals surface area contributed by atoms with E-state index < -0.39 is 0 Å². The summed E-state index contributed by atoms with van der Waals surface area (Å²) in [5.41, 5.74) is 0.997. The lowest BCUT2D eigenvalue weighted by molar-refractivity contribution is -0.126. The molecule has 0 saturated carbocycles. The van der Waals surface area contributed by atoms with Crippen molar-refractivity contribution in [3.63, 3.8) is 0 Å². The first-order chi connectivity index (χ1) is 12.7. The van der Waals surface area contributed by atoms with Crippen LogP contribution in [0.1, 0.15) is 17.4 Å². The van der Waals surface area contributed by atoms with Crippen LogP contribution in [0.3, 0.4) is 0 Å². The van der Waals surface area contributed by atoms with Crippen LogP contribution in [0.25, 0.3) is 0 Å². The first kappa shape index (κ1) is 18.9. The highest BCUT2D eigenvalue weighted by Crippen LogP contribution is 2.17. The highest BCUT2D eigenvalue weighted by atomic mass is 32.1. The Morgan fingerprint density at radius 3 is 2.65 bits per heavy atom. The predicted octanol–water partition coefficient (Wildman–Crippen LogP) is 2.58. The maximum absolute atomic E-state index is 12.5. The number of methoxy groups -OCH3 is 1. The van der Waals surface area contributed by atoms with Crippen LogP contribution >= 0.6 is 11.3 Å². The third-order valence-electron chi connectivity index (χ3n) is 4.94. The molecule has 1 amide bonds. The minimum absolute atomic E-state index is 0.0719. The topological polar surface area (TPSA) is 44.8 Å². The first-order valence-electron chi connectivity index (χ1n) is 9.06. The molecule has 1 N–H and O–H groups in total. The van der Waals surface area contributed by atoms with Gasteiger partial charge in [0.1, 0.15) is 5.75 Å². The van der Waals surface area contributed by atoms with Crippen molar-refractivity contribution in [1.29, 1.82) is 0 Å². The van der Waals surface area contributed by atoms with E-state index in [-0.39, 0.29) is 11.9 Å². The van der Waals surface area contributed by atoms with Crippen LogP contribution in [0.2, 0.25) is 0 Å². The fraction of sp³-hybridized carbons (Fsp3) is 0.450. The number of nitrogens with zero attached hydrogens (tertiary/aromatic N) is 2. The van der Waals surface area contributed by atoms with Gasteiger partial charge in [-0.25, -0.2) is 0 Å². The average molecular weight is 374 g/mol. The van der Waals surface area contributed by atoms with Crippen LogP contribution in [0.15, 0.2) is 41.8 Å². The van der Waals surface area contributed by atoms with Crippen molar-refractivity contribution < 1.29 is 9.53 Å². The maximum atomic E-state index is 12.5. The Hall–Kier alpha value is -1.89. The molecule has 140 valence electrons. The van der Waals surface area contributed by atoms with Gasteiger partial charge in [0.05, 0.1) is 13.2 Å². The molecule has 1 aromatic heterocycles. The number of hydrogen-bond acceptors (Lipinski definition) is 5. The number of amides is 1. The smallest absolute Gasteiger partial charge is 0.237 e. The number of nitrogens with one attached hydrogen (secondary N) is 1. The van der Waals surface area contributed by atoms with Crippen molar-refractivity contribution in [3.8, 4) is 5.75 Å². The zero-order valence-corrected chi connectivity index (χ0v) is 16.3. The fourth-order valence-corrected chi connectivity index (χ4v) is 4.02. The van der Waals surface area contributed by atoms with E-state index in [1.807, 2.05) is 31.2 Å². The minimum atomic E-state index is -0.117. The summed E-state index contributed by atoms with van der Waals surface area (Å²) in [6.07, 6.45) is 0. The molecular formula is C20H27N3O2S. The summed E-state index contributed by atoms with van der Waals surface area (Å²) < 4.78 is 5.34. The van der Waals surface area contributed by atoms with Crippen molar-refractivity contribution in [2.45, 2.75) is 26.1 Å². The Morgan fingerprint density at radius 1 is 1.19 bits per heavy atom. The molecule has 0 spiro atoms. The number of benzene rings is 1. The molecule has 0 unspecified atom stereocenters. The summed E-state index contributed by atoms with van der Waals surface area (Å²) in [5, 5.41) is 5.17. The molecule has 1 aliphatic heterocycles. The number of thiophene rings is 1. The van der Waals surface area contributed by atoms with Crippen molar-refractivity contribution in [2.24, 2.45) is 0 Å². The van der Waals surface area contributed by atoms with Gasteiger partial charge < -0.3 is 10.1 Å². The lowest BCUT2D eigenvalue weighted by Gasteiger charge is -2.37. The Bertz CT molecular complexity index is 697. The van der Waals surface area contributed by atoms with Crippen molar-refractivity contribution >= 4 is 17.2 Å². The molecule has 1 fully saturated rings. The van der Waals surface area contributed by atoms with E-state index in [1.54, 1.807) is 18.4 Å². The third kappa shape index (κ3) is 4.84. The van der Waals surface area contributed by atoms with Gasteiger partial charge in [0.25, 0.3) is 0 Å². The van der Waals surface area contributed by atoms with Crippen molar-refractivity contribution in [1.82, 2.24) is 15.1 Å². The molecule has 1 saturated heterocycles. The summed E-state index contributed by atoms with van der Waals surface area (Å²) in [6, 6.07) is 12.0. The quantitative estimate of drug-likeness (QED) is 0.810. The molecule has 0 aliphatic carbocycles. The molecular weight excluding hydrogens is 346 g/mol. The van der Waals surface area contributed by atoms with Crippen LogP contribution in [-0.2, 0) is 17.9 Å². The minimum Gasteiger partial charge on any atom is -0.496 e. The van der Waals surface area contributed by atoms with Crippen LogP contribution in [0.4, 0.5) is 0 Å². The normalized spacial score (nSPS) is 17.0. The van der Waals surface area contributed by atoms with Crippen molar-refractivity contribution in [3.05, 3.63) is 52.2 Å². The summed E-state index contributed by atoms with van der Waals surface area (Å²) in [4.78, 5) is 18.7. The molecule has 1 aromatic carbocycles. The van der Waals surface area contributed by atoms with E-state index in [0.29, 0.717) is 6.54 Å². The van der Waals surface area contributed by atoms with Gasteiger partial charge >= 0.3 is 0 Å². The average Bonchev–Trinajstić information content (AvgIpc) is 3.19. The number of ether oxygens (including phenoxy) is 1. The van der Waals surface area contributed by atoms with Crippen LogP contribution < -0.4 is 10.1 Å². The second-order valence-corrected chi connectivity index (χ2v) is 7.63. The van der Waals surface area contributed by atoms with Gasteiger partial charge in [-0.2, -0.15) is 0 Å². The number of carbonyl (C=O) groups excluding carboxylic acids is 1. The number of hydrogen-bond donors (Lipinski definition) is 1. The molecule has 2 heterocycles. The van der Waals surface area contributed by atoms with E-state index in [0.717, 1.165) is 44.0 Å². The lowest BCUT2D eigenvalue weighted by Crippen LogP contribution is -2.53. The molecule has 1 atom stereocenters. The number of rotatable bonds is 7. The highest BCUT2D eigenvalue weighted by molar-refractivity contribution is 7.09. The lowest BCUT2D eigenvalue weighted by atomic mass is 10.1. The van der Waals surface area contributed by atoms with E-state index in [1.165, 1.54) is 4.88 Å². The standard InChI is InChI=1S/C20H27N3O2S/c1-16(20(24)21-14-17-6-3-4-8-19(17)25-2)23-11-9-22(10-12-23)15-18-7-5-13-26-18/h3-8,13,16H,9-12,14-15H2,1-2H3,(H,21,24)/t16-/m0/s1. The maximum Gasteiger partial charge on any atom is 0.237 e. The van der Waals surface area contributed by atoms with Gasteiger partial charge in [-0.05, 0) is 24.4 Å². The van der Waals surface area contributed by atoms with Crippen LogP contribution in [0, 0.1) is 0 Å². The Labute approximate surface area is 159 Å². The second kappa shape index (κ2) is 9.16. The monoisotopic (exact) mass is 373 g/mol. The van der Waals surface area contributed by atoms with E-state index in [9.17, 15) is 4.79 Å². The summed E-state index contributed by atoms with van der Waals surface area (Å²) in [7, 11) is 1.65. The zero-order chi connectivity index (χ0) is 18.4. The predicted molar refractivity (Wildman–Crippen MR) is 105 cm³/mol. The van der Waals surface area contributed by atoms with Crippen LogP contribution in [0.5, 0.6) is 5.75 Å². The third-order valence-corrected chi connectivity index (χ3v) is 5.80. The molecule has 0 bridgehead atoms. The van der Waals surface area contributed by atoms with Gasteiger partial charge in [-0.15, -0.1) is 11.3 Å². The number of carbonyl (C=O) groups is 1. The molecule has 26 heavy (non-hydrogen) atoms. The molecule has 6 heteroatoms. The number of para-hydroxylation sites is 1. The zero-order valence-electron chi connectivity index (χ0n) is 15.5. The van der Waals surface area contributed by atoms with Gasteiger partial charge in [0.15, 0.2) is 0 Å². The first-order valence-corrected chi connectivity index (χ1v) is 9.93. The van der Waals surface area contributed by atoms with E-state index >= 15 is 0 Å².